The zero-order chi connectivity index (χ0) is 14.5. The molecule has 6 nitrogen and oxygen atoms in total. The van der Waals surface area contributed by atoms with Crippen LogP contribution in [-0.4, -0.2) is 35.8 Å². The van der Waals surface area contributed by atoms with Gasteiger partial charge in [0.05, 0.1) is 11.5 Å². The van der Waals surface area contributed by atoms with Crippen LogP contribution >= 0.6 is 0 Å². The first-order valence-corrected chi connectivity index (χ1v) is 7.06. The number of rotatable bonds is 6. The third kappa shape index (κ3) is 3.19. The van der Waals surface area contributed by atoms with Gasteiger partial charge in [-0.25, -0.2) is 0 Å². The summed E-state index contributed by atoms with van der Waals surface area (Å²) in [4.78, 5) is 12.9. The summed E-state index contributed by atoms with van der Waals surface area (Å²) in [6.07, 6.45) is 3.03. The molecule has 1 aliphatic heterocycles. The fourth-order valence-electron chi connectivity index (χ4n) is 2.47. The van der Waals surface area contributed by atoms with Crippen molar-refractivity contribution in [2.75, 3.05) is 29.9 Å². The lowest BCUT2D eigenvalue weighted by Gasteiger charge is -2.20. The highest BCUT2D eigenvalue weighted by Gasteiger charge is 2.20. The molecule has 0 radical (unpaired) electrons. The van der Waals surface area contributed by atoms with Crippen LogP contribution in [0.4, 0.5) is 17.1 Å². The van der Waals surface area contributed by atoms with Gasteiger partial charge in [0.1, 0.15) is 5.69 Å². The molecule has 1 saturated heterocycles. The van der Waals surface area contributed by atoms with Crippen LogP contribution in [0.25, 0.3) is 0 Å². The summed E-state index contributed by atoms with van der Waals surface area (Å²) >= 11 is 0. The summed E-state index contributed by atoms with van der Waals surface area (Å²) in [5.41, 5.74) is 1.54. The van der Waals surface area contributed by atoms with Crippen molar-refractivity contribution in [3.8, 4) is 0 Å². The summed E-state index contributed by atoms with van der Waals surface area (Å²) in [5, 5.41) is 23.4. The third-order valence-electron chi connectivity index (χ3n) is 3.72. The molecular weight excluding hydrogens is 258 g/mol. The number of nitro benzene ring substituents is 1. The van der Waals surface area contributed by atoms with Crippen molar-refractivity contribution in [2.24, 2.45) is 0 Å². The van der Waals surface area contributed by atoms with Crippen LogP contribution < -0.4 is 10.2 Å². The van der Waals surface area contributed by atoms with Crippen molar-refractivity contribution < 1.29 is 10.0 Å². The van der Waals surface area contributed by atoms with Crippen molar-refractivity contribution in [3.05, 3.63) is 28.3 Å². The van der Waals surface area contributed by atoms with Gasteiger partial charge >= 0.3 is 0 Å². The van der Waals surface area contributed by atoms with E-state index in [0.29, 0.717) is 12.1 Å². The van der Waals surface area contributed by atoms with Crippen LogP contribution in [0.5, 0.6) is 0 Å². The largest absolute Gasteiger partial charge is 0.394 e. The fourth-order valence-corrected chi connectivity index (χ4v) is 2.47. The molecule has 1 heterocycles. The Hall–Kier alpha value is -1.82. The van der Waals surface area contributed by atoms with Crippen LogP contribution in [-0.2, 0) is 0 Å². The summed E-state index contributed by atoms with van der Waals surface area (Å²) in [5.74, 6) is 0. The van der Waals surface area contributed by atoms with Crippen molar-refractivity contribution in [3.63, 3.8) is 0 Å². The predicted molar refractivity (Wildman–Crippen MR) is 79.3 cm³/mol. The Balaban J connectivity index is 2.28. The first-order valence-electron chi connectivity index (χ1n) is 7.06. The zero-order valence-corrected chi connectivity index (χ0v) is 11.7. The van der Waals surface area contributed by atoms with Crippen molar-refractivity contribution in [1.82, 2.24) is 0 Å². The highest BCUT2D eigenvalue weighted by molar-refractivity contribution is 5.69. The minimum atomic E-state index is -0.389. The van der Waals surface area contributed by atoms with Gasteiger partial charge in [0, 0.05) is 30.9 Å². The maximum absolute atomic E-state index is 11.1. The maximum atomic E-state index is 11.1. The van der Waals surface area contributed by atoms with E-state index in [1.165, 1.54) is 0 Å². The van der Waals surface area contributed by atoms with E-state index in [1.54, 1.807) is 12.1 Å². The Kier molecular flexibility index (Phi) is 4.79. The maximum Gasteiger partial charge on any atom is 0.292 e. The van der Waals surface area contributed by atoms with E-state index >= 15 is 0 Å². The monoisotopic (exact) mass is 279 g/mol. The number of hydrogen-bond donors (Lipinski definition) is 2. The molecule has 0 amide bonds. The molecular formula is C14H21N3O3. The van der Waals surface area contributed by atoms with Crippen molar-refractivity contribution in [2.45, 2.75) is 32.2 Å². The second-order valence-corrected chi connectivity index (χ2v) is 5.08. The summed E-state index contributed by atoms with van der Waals surface area (Å²) in [6, 6.07) is 5.00. The van der Waals surface area contributed by atoms with E-state index in [0.717, 1.165) is 31.6 Å². The van der Waals surface area contributed by atoms with Crippen molar-refractivity contribution >= 4 is 17.1 Å². The Morgan fingerprint density at radius 1 is 1.45 bits per heavy atom. The molecule has 0 aromatic heterocycles. The molecule has 1 aromatic carbocycles. The Labute approximate surface area is 118 Å². The number of aliphatic hydroxyl groups is 1. The topological polar surface area (TPSA) is 78.6 Å². The van der Waals surface area contributed by atoms with Crippen molar-refractivity contribution in [1.29, 1.82) is 0 Å². The molecule has 6 heteroatoms. The number of nitro groups is 1. The summed E-state index contributed by atoms with van der Waals surface area (Å²) < 4.78 is 0. The number of nitrogens with one attached hydrogen (secondary N) is 1. The summed E-state index contributed by atoms with van der Waals surface area (Å²) in [7, 11) is 0. The Bertz CT molecular complexity index is 469. The second-order valence-electron chi connectivity index (χ2n) is 5.08. The SMILES string of the molecule is CC[C@@H](CO)Nc1cc(N2CCCC2)ccc1[N+](=O)[O-]. The number of benzene rings is 1. The average molecular weight is 279 g/mol. The van der Waals surface area contributed by atoms with Crippen LogP contribution in [0.2, 0.25) is 0 Å². The van der Waals surface area contributed by atoms with E-state index < -0.39 is 0 Å². The molecule has 1 fully saturated rings. The van der Waals surface area contributed by atoms with Gasteiger partial charge in [-0.05, 0) is 31.4 Å². The summed E-state index contributed by atoms with van der Waals surface area (Å²) in [6.45, 7) is 3.88. The minimum absolute atomic E-state index is 0.0401. The van der Waals surface area contributed by atoms with Crippen LogP contribution in [0.15, 0.2) is 18.2 Å². The number of hydrogen-bond acceptors (Lipinski definition) is 5. The molecule has 0 spiro atoms. The van der Waals surface area contributed by atoms with Gasteiger partial charge in [-0.2, -0.15) is 0 Å². The standard InChI is InChI=1S/C14H21N3O3/c1-2-11(10-18)15-13-9-12(16-7-3-4-8-16)5-6-14(13)17(19)20/h5-6,9,11,15,18H,2-4,7-8,10H2,1H3/t11-/m0/s1. The smallest absolute Gasteiger partial charge is 0.292 e. The van der Waals surface area contributed by atoms with Gasteiger partial charge in [0.15, 0.2) is 0 Å². The fraction of sp³-hybridized carbons (Fsp3) is 0.571. The number of aliphatic hydroxyl groups excluding tert-OH is 1. The molecule has 0 aliphatic carbocycles. The lowest BCUT2D eigenvalue weighted by molar-refractivity contribution is -0.384. The van der Waals surface area contributed by atoms with Crippen LogP contribution in [0.1, 0.15) is 26.2 Å². The Morgan fingerprint density at radius 2 is 2.15 bits per heavy atom. The second kappa shape index (κ2) is 6.56. The van der Waals surface area contributed by atoms with Crippen LogP contribution in [0.3, 0.4) is 0 Å². The molecule has 1 aliphatic rings. The van der Waals surface area contributed by atoms with E-state index in [1.807, 2.05) is 13.0 Å². The number of nitrogens with zero attached hydrogens (tertiary/aromatic N) is 2. The highest BCUT2D eigenvalue weighted by Crippen LogP contribution is 2.31. The average Bonchev–Trinajstić information content (AvgIpc) is 2.98. The normalized spacial score (nSPS) is 16.2. The van der Waals surface area contributed by atoms with E-state index in [-0.39, 0.29) is 23.3 Å². The van der Waals surface area contributed by atoms with Gasteiger partial charge in [-0.3, -0.25) is 10.1 Å². The Morgan fingerprint density at radius 3 is 2.70 bits per heavy atom. The minimum Gasteiger partial charge on any atom is -0.394 e. The van der Waals surface area contributed by atoms with Gasteiger partial charge in [0.25, 0.3) is 5.69 Å². The molecule has 2 rings (SSSR count). The third-order valence-corrected chi connectivity index (χ3v) is 3.72. The lowest BCUT2D eigenvalue weighted by Crippen LogP contribution is -2.24. The molecule has 1 atom stereocenters. The molecule has 2 N–H and O–H groups in total. The zero-order valence-electron chi connectivity index (χ0n) is 11.7. The van der Waals surface area contributed by atoms with E-state index in [4.69, 9.17) is 0 Å². The molecule has 20 heavy (non-hydrogen) atoms. The molecule has 1 aromatic rings. The van der Waals surface area contributed by atoms with Gasteiger partial charge in [-0.1, -0.05) is 6.92 Å². The van der Waals surface area contributed by atoms with E-state index in [9.17, 15) is 15.2 Å². The molecule has 0 unspecified atom stereocenters. The van der Waals surface area contributed by atoms with Gasteiger partial charge in [-0.15, -0.1) is 0 Å². The van der Waals surface area contributed by atoms with Gasteiger partial charge < -0.3 is 15.3 Å². The molecule has 0 bridgehead atoms. The molecule has 110 valence electrons. The first-order chi connectivity index (χ1) is 9.65. The first kappa shape index (κ1) is 14.6. The lowest BCUT2D eigenvalue weighted by atomic mass is 10.2. The highest BCUT2D eigenvalue weighted by atomic mass is 16.6. The van der Waals surface area contributed by atoms with Crippen LogP contribution in [0, 0.1) is 10.1 Å². The molecule has 0 saturated carbocycles. The van der Waals surface area contributed by atoms with E-state index in [2.05, 4.69) is 10.2 Å². The quantitative estimate of drug-likeness (QED) is 0.617. The number of anilines is 2. The van der Waals surface area contributed by atoms with Gasteiger partial charge in [0.2, 0.25) is 0 Å². The predicted octanol–water partition coefficient (Wildman–Crippen LogP) is 2.38.